The molecule has 2 N–H and O–H groups in total. The molecule has 8 nitrogen and oxygen atoms in total. The Kier molecular flexibility index (Phi) is 5.88. The molecule has 0 heterocycles. The monoisotopic (exact) mass is 406 g/mol. The summed E-state index contributed by atoms with van der Waals surface area (Å²) < 4.78 is 10.5. The lowest BCUT2D eigenvalue weighted by Crippen LogP contribution is -2.10. The van der Waals surface area contributed by atoms with Gasteiger partial charge in [0, 0.05) is 6.07 Å². The molecule has 0 atom stereocenters. The van der Waals surface area contributed by atoms with E-state index in [0.29, 0.717) is 0 Å². The Bertz CT molecular complexity index is 1030. The number of hydrogen-bond acceptors (Lipinski definition) is 6. The number of aromatic carboxylic acids is 2. The summed E-state index contributed by atoms with van der Waals surface area (Å²) in [5, 5.41) is 17.8. The van der Waals surface area contributed by atoms with Gasteiger partial charge < -0.3 is 19.7 Å². The lowest BCUT2D eigenvalue weighted by Gasteiger charge is -2.08. The Morgan fingerprint density at radius 1 is 0.533 bits per heavy atom. The molecule has 30 heavy (non-hydrogen) atoms. The number of carboxylic acids is 2. The van der Waals surface area contributed by atoms with Crippen LogP contribution < -0.4 is 9.47 Å². The summed E-state index contributed by atoms with van der Waals surface area (Å²) >= 11 is 0. The van der Waals surface area contributed by atoms with Crippen LogP contribution in [0.1, 0.15) is 41.4 Å². The molecular weight excluding hydrogens is 392 g/mol. The molecule has 0 amide bonds. The van der Waals surface area contributed by atoms with Gasteiger partial charge in [-0.25, -0.2) is 19.2 Å². The van der Waals surface area contributed by atoms with Crippen molar-refractivity contribution in [1.29, 1.82) is 0 Å². The fraction of sp³-hybridized carbons (Fsp3) is 0. The first kappa shape index (κ1) is 20.3. The third-order valence-electron chi connectivity index (χ3n) is 3.96. The maximum atomic E-state index is 12.2. The van der Waals surface area contributed by atoms with Gasteiger partial charge in [-0.2, -0.15) is 0 Å². The number of benzene rings is 3. The summed E-state index contributed by atoms with van der Waals surface area (Å²) in [7, 11) is 0. The van der Waals surface area contributed by atoms with Gasteiger partial charge in [0.2, 0.25) is 0 Å². The van der Waals surface area contributed by atoms with E-state index in [0.717, 1.165) is 0 Å². The average Bonchev–Trinajstić information content (AvgIpc) is 2.74. The zero-order valence-corrected chi connectivity index (χ0v) is 15.3. The van der Waals surface area contributed by atoms with Crippen LogP contribution in [0.2, 0.25) is 0 Å². The van der Waals surface area contributed by atoms with E-state index in [-0.39, 0.29) is 33.8 Å². The molecule has 0 aliphatic rings. The summed E-state index contributed by atoms with van der Waals surface area (Å²) in [4.78, 5) is 46.2. The summed E-state index contributed by atoms with van der Waals surface area (Å²) in [5.41, 5.74) is 0.385. The molecule has 0 radical (unpaired) electrons. The van der Waals surface area contributed by atoms with Gasteiger partial charge in [0.15, 0.2) is 0 Å². The smallest absolute Gasteiger partial charge is 0.343 e. The highest BCUT2D eigenvalue weighted by Crippen LogP contribution is 2.22. The Morgan fingerprint density at radius 2 is 0.867 bits per heavy atom. The third kappa shape index (κ3) is 4.87. The van der Waals surface area contributed by atoms with Crippen molar-refractivity contribution in [2.45, 2.75) is 0 Å². The van der Waals surface area contributed by atoms with Gasteiger partial charge in [-0.1, -0.05) is 6.07 Å². The minimum Gasteiger partial charge on any atom is -0.478 e. The number of carbonyl (C=O) groups is 4. The second-order valence-corrected chi connectivity index (χ2v) is 6.02. The minimum absolute atomic E-state index is 0.0387. The zero-order chi connectivity index (χ0) is 21.7. The van der Waals surface area contributed by atoms with E-state index >= 15 is 0 Å². The minimum atomic E-state index is -1.11. The standard InChI is InChI=1S/C22H14O8/c23-19(24)13-4-8-15(9-5-13)21(27)29-17-2-1-3-18(12-17)30-22(28)16-10-6-14(7-11-16)20(25)26/h1-12H,(H,23,24)(H,25,26). The first-order valence-electron chi connectivity index (χ1n) is 8.54. The van der Waals surface area contributed by atoms with Crippen LogP contribution in [0.5, 0.6) is 11.5 Å². The van der Waals surface area contributed by atoms with Crippen LogP contribution in [0.3, 0.4) is 0 Å². The van der Waals surface area contributed by atoms with Gasteiger partial charge in [0.05, 0.1) is 22.3 Å². The van der Waals surface area contributed by atoms with Gasteiger partial charge in [0.1, 0.15) is 11.5 Å². The van der Waals surface area contributed by atoms with Gasteiger partial charge in [-0.05, 0) is 60.7 Å². The maximum absolute atomic E-state index is 12.2. The van der Waals surface area contributed by atoms with Gasteiger partial charge >= 0.3 is 23.9 Å². The number of carboxylic acid groups (broad SMARTS) is 2. The van der Waals surface area contributed by atoms with Crippen molar-refractivity contribution in [2.24, 2.45) is 0 Å². The van der Waals surface area contributed by atoms with Crippen molar-refractivity contribution in [1.82, 2.24) is 0 Å². The molecule has 0 fully saturated rings. The van der Waals surface area contributed by atoms with Crippen LogP contribution in [0.15, 0.2) is 72.8 Å². The normalized spacial score (nSPS) is 10.1. The maximum Gasteiger partial charge on any atom is 0.343 e. The highest BCUT2D eigenvalue weighted by molar-refractivity contribution is 5.94. The molecule has 0 bridgehead atoms. The van der Waals surface area contributed by atoms with Crippen molar-refractivity contribution < 1.29 is 38.9 Å². The second kappa shape index (κ2) is 8.70. The number of hydrogen-bond donors (Lipinski definition) is 2. The zero-order valence-electron chi connectivity index (χ0n) is 15.3. The molecule has 0 saturated carbocycles. The molecule has 0 aliphatic heterocycles. The first-order chi connectivity index (χ1) is 14.3. The lowest BCUT2D eigenvalue weighted by atomic mass is 10.1. The van der Waals surface area contributed by atoms with Gasteiger partial charge in [-0.3, -0.25) is 0 Å². The molecular formula is C22H14O8. The van der Waals surface area contributed by atoms with E-state index in [1.807, 2.05) is 0 Å². The Morgan fingerprint density at radius 3 is 1.20 bits per heavy atom. The van der Waals surface area contributed by atoms with Crippen LogP contribution in [-0.2, 0) is 0 Å². The van der Waals surface area contributed by atoms with Crippen molar-refractivity contribution in [2.75, 3.05) is 0 Å². The largest absolute Gasteiger partial charge is 0.478 e. The molecule has 3 rings (SSSR count). The Labute approximate surface area is 169 Å². The molecule has 0 unspecified atom stereocenters. The quantitative estimate of drug-likeness (QED) is 0.470. The number of carbonyl (C=O) groups excluding carboxylic acids is 2. The number of ether oxygens (including phenoxy) is 2. The van der Waals surface area contributed by atoms with Crippen molar-refractivity contribution in [3.63, 3.8) is 0 Å². The van der Waals surface area contributed by atoms with E-state index in [1.54, 1.807) is 0 Å². The van der Waals surface area contributed by atoms with E-state index < -0.39 is 23.9 Å². The molecule has 8 heteroatoms. The van der Waals surface area contributed by atoms with Crippen LogP contribution in [0.4, 0.5) is 0 Å². The first-order valence-corrected chi connectivity index (χ1v) is 8.54. The van der Waals surface area contributed by atoms with Crippen molar-refractivity contribution >= 4 is 23.9 Å². The van der Waals surface area contributed by atoms with E-state index in [1.165, 1.54) is 72.8 Å². The van der Waals surface area contributed by atoms with Gasteiger partial charge in [-0.15, -0.1) is 0 Å². The van der Waals surface area contributed by atoms with Crippen molar-refractivity contribution in [3.8, 4) is 11.5 Å². The summed E-state index contributed by atoms with van der Waals surface area (Å²) in [6.07, 6.45) is 0. The fourth-order valence-corrected chi connectivity index (χ4v) is 2.43. The third-order valence-corrected chi connectivity index (χ3v) is 3.96. The number of rotatable bonds is 6. The van der Waals surface area contributed by atoms with Crippen LogP contribution in [-0.4, -0.2) is 34.1 Å². The van der Waals surface area contributed by atoms with Crippen LogP contribution in [0.25, 0.3) is 0 Å². The molecule has 150 valence electrons. The van der Waals surface area contributed by atoms with Gasteiger partial charge in [0.25, 0.3) is 0 Å². The Hall–Kier alpha value is -4.46. The van der Waals surface area contributed by atoms with E-state index in [9.17, 15) is 19.2 Å². The van der Waals surface area contributed by atoms with E-state index in [2.05, 4.69) is 0 Å². The molecule has 0 saturated heterocycles. The average molecular weight is 406 g/mol. The highest BCUT2D eigenvalue weighted by atomic mass is 16.5. The Balaban J connectivity index is 1.68. The molecule has 0 aromatic heterocycles. The summed E-state index contributed by atoms with van der Waals surface area (Å²) in [6, 6.07) is 16.3. The lowest BCUT2D eigenvalue weighted by molar-refractivity contribution is 0.0685. The summed E-state index contributed by atoms with van der Waals surface area (Å²) in [5.74, 6) is -3.40. The van der Waals surface area contributed by atoms with Crippen LogP contribution >= 0.6 is 0 Å². The van der Waals surface area contributed by atoms with E-state index in [4.69, 9.17) is 19.7 Å². The SMILES string of the molecule is O=C(O)c1ccc(C(=O)Oc2cccc(OC(=O)c3ccc(C(=O)O)cc3)c2)cc1. The van der Waals surface area contributed by atoms with Crippen LogP contribution in [0, 0.1) is 0 Å². The number of esters is 2. The molecule has 3 aromatic rings. The molecule has 0 spiro atoms. The fourth-order valence-electron chi connectivity index (χ4n) is 2.43. The topological polar surface area (TPSA) is 127 Å². The summed E-state index contributed by atoms with van der Waals surface area (Å²) in [6.45, 7) is 0. The molecule has 3 aromatic carbocycles. The predicted molar refractivity (Wildman–Crippen MR) is 103 cm³/mol. The predicted octanol–water partition coefficient (Wildman–Crippen LogP) is 3.52. The van der Waals surface area contributed by atoms with Crippen molar-refractivity contribution in [3.05, 3.63) is 95.1 Å². The highest BCUT2D eigenvalue weighted by Gasteiger charge is 2.13. The second-order valence-electron chi connectivity index (χ2n) is 6.02. The molecule has 0 aliphatic carbocycles.